The molecular weight excluding hydrogens is 190 g/mol. The summed E-state index contributed by atoms with van der Waals surface area (Å²) in [6.07, 6.45) is 2.88. The minimum absolute atomic E-state index is 0.374. The van der Waals surface area contributed by atoms with Crippen LogP contribution in [0.5, 0.6) is 5.75 Å². The van der Waals surface area contributed by atoms with E-state index in [0.717, 1.165) is 24.8 Å². The van der Waals surface area contributed by atoms with Crippen molar-refractivity contribution in [3.05, 3.63) is 29.3 Å². The Kier molecular flexibility index (Phi) is 3.23. The number of rotatable bonds is 3. The van der Waals surface area contributed by atoms with Crippen LogP contribution in [0.25, 0.3) is 0 Å². The monoisotopic (exact) mass is 207 g/mol. The van der Waals surface area contributed by atoms with Crippen molar-refractivity contribution in [2.24, 2.45) is 0 Å². The van der Waals surface area contributed by atoms with Crippen molar-refractivity contribution in [3.63, 3.8) is 0 Å². The largest absolute Gasteiger partial charge is 0.508 e. The molecule has 0 radical (unpaired) electrons. The van der Waals surface area contributed by atoms with E-state index in [0.29, 0.717) is 18.4 Å². The molecule has 0 saturated carbocycles. The number of hydroxylamine groups is 1. The second-order valence-electron chi connectivity index (χ2n) is 3.91. The summed E-state index contributed by atoms with van der Waals surface area (Å²) in [7, 11) is 0. The summed E-state index contributed by atoms with van der Waals surface area (Å²) in [4.78, 5) is 5.21. The van der Waals surface area contributed by atoms with E-state index in [-0.39, 0.29) is 0 Å². The molecule has 0 fully saturated rings. The third-order valence-electron chi connectivity index (χ3n) is 2.85. The summed E-state index contributed by atoms with van der Waals surface area (Å²) in [5.41, 5.74) is 5.39. The third-order valence-corrected chi connectivity index (χ3v) is 2.85. The van der Waals surface area contributed by atoms with E-state index in [4.69, 9.17) is 4.84 Å². The predicted octanol–water partition coefficient (Wildman–Crippen LogP) is 1.79. The molecule has 0 heterocycles. The van der Waals surface area contributed by atoms with Crippen molar-refractivity contribution >= 4 is 0 Å². The highest BCUT2D eigenvalue weighted by Crippen LogP contribution is 2.28. The van der Waals surface area contributed by atoms with Gasteiger partial charge in [-0.1, -0.05) is 12.1 Å². The van der Waals surface area contributed by atoms with Crippen LogP contribution in [-0.4, -0.2) is 17.8 Å². The SMILES string of the molecule is CCONC1CCc2c(O)cccc2C1. The van der Waals surface area contributed by atoms with E-state index in [9.17, 15) is 5.11 Å². The Hall–Kier alpha value is -1.06. The Labute approximate surface area is 90.0 Å². The maximum Gasteiger partial charge on any atom is 0.119 e. The fourth-order valence-corrected chi connectivity index (χ4v) is 2.09. The number of benzene rings is 1. The third kappa shape index (κ3) is 2.30. The zero-order chi connectivity index (χ0) is 10.7. The van der Waals surface area contributed by atoms with Crippen molar-refractivity contribution in [1.82, 2.24) is 5.48 Å². The summed E-state index contributed by atoms with van der Waals surface area (Å²) in [5.74, 6) is 0.433. The van der Waals surface area contributed by atoms with Gasteiger partial charge in [0.1, 0.15) is 5.75 Å². The first kappa shape index (κ1) is 10.5. The lowest BCUT2D eigenvalue weighted by Crippen LogP contribution is -2.34. The Morgan fingerprint density at radius 2 is 2.40 bits per heavy atom. The normalized spacial score (nSPS) is 19.9. The molecule has 3 heteroatoms. The Bertz CT molecular complexity index is 338. The Balaban J connectivity index is 2.07. The lowest BCUT2D eigenvalue weighted by atomic mass is 9.88. The fourth-order valence-electron chi connectivity index (χ4n) is 2.09. The van der Waals surface area contributed by atoms with Crippen LogP contribution in [0.4, 0.5) is 0 Å². The first-order chi connectivity index (χ1) is 7.31. The molecule has 1 aliphatic carbocycles. The maximum atomic E-state index is 9.67. The van der Waals surface area contributed by atoms with Crippen molar-refractivity contribution in [1.29, 1.82) is 0 Å². The van der Waals surface area contributed by atoms with E-state index < -0.39 is 0 Å². The van der Waals surface area contributed by atoms with E-state index in [1.54, 1.807) is 6.07 Å². The first-order valence-corrected chi connectivity index (χ1v) is 5.48. The highest BCUT2D eigenvalue weighted by Gasteiger charge is 2.20. The van der Waals surface area contributed by atoms with Crippen molar-refractivity contribution in [2.45, 2.75) is 32.2 Å². The van der Waals surface area contributed by atoms with Gasteiger partial charge in [0.05, 0.1) is 6.61 Å². The molecule has 2 N–H and O–H groups in total. The molecule has 0 aliphatic heterocycles. The lowest BCUT2D eigenvalue weighted by Gasteiger charge is -2.25. The van der Waals surface area contributed by atoms with E-state index >= 15 is 0 Å². The Morgan fingerprint density at radius 1 is 1.53 bits per heavy atom. The van der Waals surface area contributed by atoms with E-state index in [1.807, 2.05) is 13.0 Å². The van der Waals surface area contributed by atoms with Crippen LogP contribution in [0.3, 0.4) is 0 Å². The van der Waals surface area contributed by atoms with Gasteiger partial charge < -0.3 is 9.94 Å². The van der Waals surface area contributed by atoms with Crippen molar-refractivity contribution < 1.29 is 9.94 Å². The molecule has 2 rings (SSSR count). The molecule has 0 bridgehead atoms. The highest BCUT2D eigenvalue weighted by atomic mass is 16.6. The molecule has 0 aromatic heterocycles. The molecule has 1 atom stereocenters. The van der Waals surface area contributed by atoms with Gasteiger partial charge in [-0.25, -0.2) is 0 Å². The van der Waals surface area contributed by atoms with Crippen molar-refractivity contribution in [2.75, 3.05) is 6.61 Å². The topological polar surface area (TPSA) is 41.5 Å². The maximum absolute atomic E-state index is 9.67. The number of aromatic hydroxyl groups is 1. The van der Waals surface area contributed by atoms with Gasteiger partial charge in [-0.3, -0.25) is 0 Å². The molecule has 82 valence electrons. The number of hydrogen-bond acceptors (Lipinski definition) is 3. The highest BCUT2D eigenvalue weighted by molar-refractivity contribution is 5.41. The average molecular weight is 207 g/mol. The zero-order valence-electron chi connectivity index (χ0n) is 8.99. The molecule has 3 nitrogen and oxygen atoms in total. The van der Waals surface area contributed by atoms with Crippen LogP contribution in [0.15, 0.2) is 18.2 Å². The minimum Gasteiger partial charge on any atom is -0.508 e. The van der Waals surface area contributed by atoms with Crippen LogP contribution >= 0.6 is 0 Å². The van der Waals surface area contributed by atoms with Gasteiger partial charge in [-0.2, -0.15) is 5.48 Å². The van der Waals surface area contributed by atoms with Gasteiger partial charge in [0.2, 0.25) is 0 Å². The Morgan fingerprint density at radius 3 is 3.20 bits per heavy atom. The summed E-state index contributed by atoms with van der Waals surface area (Å²) in [6, 6.07) is 6.11. The first-order valence-electron chi connectivity index (χ1n) is 5.48. The standard InChI is InChI=1S/C12H17NO2/c1-2-15-13-10-6-7-11-9(8-10)4-3-5-12(11)14/h3-5,10,13-14H,2,6-8H2,1H3. The second kappa shape index (κ2) is 4.64. The lowest BCUT2D eigenvalue weighted by molar-refractivity contribution is 0.0211. The second-order valence-corrected chi connectivity index (χ2v) is 3.91. The van der Waals surface area contributed by atoms with Crippen LogP contribution < -0.4 is 5.48 Å². The smallest absolute Gasteiger partial charge is 0.119 e. The summed E-state index contributed by atoms with van der Waals surface area (Å²) in [5, 5.41) is 9.67. The molecule has 15 heavy (non-hydrogen) atoms. The summed E-state index contributed by atoms with van der Waals surface area (Å²) >= 11 is 0. The summed E-state index contributed by atoms with van der Waals surface area (Å²) < 4.78 is 0. The molecule has 1 unspecified atom stereocenters. The van der Waals surface area contributed by atoms with Gasteiger partial charge in [-0.15, -0.1) is 0 Å². The van der Waals surface area contributed by atoms with Crippen molar-refractivity contribution in [3.8, 4) is 5.75 Å². The van der Waals surface area contributed by atoms with Gasteiger partial charge in [0, 0.05) is 6.04 Å². The molecule has 1 aromatic carbocycles. The van der Waals surface area contributed by atoms with Gasteiger partial charge in [-0.05, 0) is 43.4 Å². The van der Waals surface area contributed by atoms with E-state index in [1.165, 1.54) is 5.56 Å². The zero-order valence-corrected chi connectivity index (χ0v) is 8.99. The minimum atomic E-state index is 0.374. The van der Waals surface area contributed by atoms with Crippen LogP contribution in [0.2, 0.25) is 0 Å². The number of nitrogens with one attached hydrogen (secondary N) is 1. The average Bonchev–Trinajstić information content (AvgIpc) is 2.26. The molecule has 0 amide bonds. The number of fused-ring (bicyclic) bond motifs is 1. The van der Waals surface area contributed by atoms with Crippen LogP contribution in [0, 0.1) is 0 Å². The summed E-state index contributed by atoms with van der Waals surface area (Å²) in [6.45, 7) is 2.65. The van der Waals surface area contributed by atoms with Gasteiger partial charge in [0.25, 0.3) is 0 Å². The molecule has 0 spiro atoms. The molecular formula is C12H17NO2. The number of hydrogen-bond donors (Lipinski definition) is 2. The number of phenols is 1. The van der Waals surface area contributed by atoms with Crippen LogP contribution in [-0.2, 0) is 17.7 Å². The quantitative estimate of drug-likeness (QED) is 0.742. The fraction of sp³-hybridized carbons (Fsp3) is 0.500. The van der Waals surface area contributed by atoms with Gasteiger partial charge in [0.15, 0.2) is 0 Å². The van der Waals surface area contributed by atoms with E-state index in [2.05, 4.69) is 11.5 Å². The van der Waals surface area contributed by atoms with Gasteiger partial charge >= 0.3 is 0 Å². The molecule has 1 aromatic rings. The molecule has 0 saturated heterocycles. The van der Waals surface area contributed by atoms with Crippen LogP contribution in [0.1, 0.15) is 24.5 Å². The molecule has 1 aliphatic rings. The number of phenolic OH excluding ortho intramolecular Hbond substituents is 1. The predicted molar refractivity (Wildman–Crippen MR) is 58.7 cm³/mol.